The molecule has 1 aromatic heterocycles. The van der Waals surface area contributed by atoms with Crippen molar-refractivity contribution in [1.82, 2.24) is 5.32 Å². The second-order valence-corrected chi connectivity index (χ2v) is 7.51. The van der Waals surface area contributed by atoms with E-state index in [0.29, 0.717) is 16.4 Å². The van der Waals surface area contributed by atoms with Gasteiger partial charge in [-0.15, -0.1) is 0 Å². The number of halogens is 1. The number of fused-ring (bicyclic) bond motifs is 1. The summed E-state index contributed by atoms with van der Waals surface area (Å²) in [6, 6.07) is 12.1. The molecule has 0 saturated carbocycles. The standard InChI is InChI=1S/C23H22ClNO6/c1-2-3-15-11-22(27)31-20-12-17(8-9-18(15)20)30-13-21(26)25-19(23(28)29)10-14-4-6-16(24)7-5-14/h4-9,11-12,19H,2-3,10,13H2,1H3,(H,25,26)(H,28,29)/t19-/m1/s1. The molecule has 3 rings (SSSR count). The van der Waals surface area contributed by atoms with Crippen LogP contribution < -0.4 is 15.7 Å². The first-order valence-corrected chi connectivity index (χ1v) is 10.2. The molecule has 2 N–H and O–H groups in total. The molecule has 2 aromatic carbocycles. The number of carboxylic acids is 1. The first kappa shape index (κ1) is 22.4. The van der Waals surface area contributed by atoms with E-state index in [4.69, 9.17) is 20.8 Å². The molecular weight excluding hydrogens is 422 g/mol. The third-order valence-electron chi connectivity index (χ3n) is 4.68. The number of rotatable bonds is 9. The van der Waals surface area contributed by atoms with E-state index >= 15 is 0 Å². The minimum Gasteiger partial charge on any atom is -0.484 e. The van der Waals surface area contributed by atoms with Crippen LogP contribution in [0.15, 0.2) is 57.7 Å². The summed E-state index contributed by atoms with van der Waals surface area (Å²) in [6.45, 7) is 1.64. The first-order chi connectivity index (χ1) is 14.9. The van der Waals surface area contributed by atoms with E-state index in [2.05, 4.69) is 5.32 Å². The average molecular weight is 444 g/mol. The molecular formula is C23H22ClNO6. The molecule has 0 bridgehead atoms. The predicted molar refractivity (Wildman–Crippen MR) is 117 cm³/mol. The number of carbonyl (C=O) groups is 2. The van der Waals surface area contributed by atoms with Crippen LogP contribution in [0.1, 0.15) is 24.5 Å². The molecule has 1 heterocycles. The molecule has 0 aliphatic heterocycles. The lowest BCUT2D eigenvalue weighted by molar-refractivity contribution is -0.142. The van der Waals surface area contributed by atoms with Crippen LogP contribution in [0.5, 0.6) is 5.75 Å². The SMILES string of the molecule is CCCc1cc(=O)oc2cc(OCC(=O)N[C@H](Cc3ccc(Cl)cc3)C(=O)O)ccc12. The molecule has 0 saturated heterocycles. The number of nitrogens with one attached hydrogen (secondary N) is 1. The van der Waals surface area contributed by atoms with Crippen LogP contribution in [0.25, 0.3) is 11.0 Å². The summed E-state index contributed by atoms with van der Waals surface area (Å²) in [7, 11) is 0. The summed E-state index contributed by atoms with van der Waals surface area (Å²) in [5.74, 6) is -1.40. The lowest BCUT2D eigenvalue weighted by Gasteiger charge is -2.15. The van der Waals surface area contributed by atoms with E-state index in [1.165, 1.54) is 6.07 Å². The molecule has 1 amide bonds. The van der Waals surface area contributed by atoms with Gasteiger partial charge in [0.1, 0.15) is 17.4 Å². The molecule has 0 unspecified atom stereocenters. The third kappa shape index (κ3) is 6.08. The smallest absolute Gasteiger partial charge is 0.336 e. The number of aliphatic carboxylic acids is 1. The van der Waals surface area contributed by atoms with Crippen molar-refractivity contribution in [3.63, 3.8) is 0 Å². The number of hydrogen-bond donors (Lipinski definition) is 2. The van der Waals surface area contributed by atoms with Crippen LogP contribution in [0.3, 0.4) is 0 Å². The van der Waals surface area contributed by atoms with E-state index in [1.54, 1.807) is 42.5 Å². The van der Waals surface area contributed by atoms with Crippen molar-refractivity contribution in [2.45, 2.75) is 32.2 Å². The van der Waals surface area contributed by atoms with Crippen molar-refractivity contribution in [1.29, 1.82) is 0 Å². The highest BCUT2D eigenvalue weighted by Gasteiger charge is 2.20. The maximum absolute atomic E-state index is 12.2. The van der Waals surface area contributed by atoms with Gasteiger partial charge < -0.3 is 19.6 Å². The molecule has 8 heteroatoms. The summed E-state index contributed by atoms with van der Waals surface area (Å²) < 4.78 is 10.7. The number of ether oxygens (including phenoxy) is 1. The zero-order chi connectivity index (χ0) is 22.4. The molecule has 0 aliphatic rings. The van der Waals surface area contributed by atoms with Crippen LogP contribution >= 0.6 is 11.6 Å². The van der Waals surface area contributed by atoms with Crippen LogP contribution in [-0.4, -0.2) is 29.6 Å². The van der Waals surface area contributed by atoms with Crippen LogP contribution in [0.2, 0.25) is 5.02 Å². The molecule has 7 nitrogen and oxygen atoms in total. The van der Waals surface area contributed by atoms with Gasteiger partial charge in [0.05, 0.1) is 0 Å². The van der Waals surface area contributed by atoms with Crippen LogP contribution in [-0.2, 0) is 22.4 Å². The Hall–Kier alpha value is -3.32. The average Bonchev–Trinajstić information content (AvgIpc) is 2.73. The highest BCUT2D eigenvalue weighted by molar-refractivity contribution is 6.30. The Kier molecular flexibility index (Phi) is 7.31. The van der Waals surface area contributed by atoms with E-state index in [0.717, 1.165) is 29.4 Å². The lowest BCUT2D eigenvalue weighted by atomic mass is 10.1. The zero-order valence-corrected chi connectivity index (χ0v) is 17.6. The Balaban J connectivity index is 1.64. The van der Waals surface area contributed by atoms with Crippen molar-refractivity contribution >= 4 is 34.4 Å². The summed E-state index contributed by atoms with van der Waals surface area (Å²) in [4.78, 5) is 35.5. The normalized spacial score (nSPS) is 11.8. The summed E-state index contributed by atoms with van der Waals surface area (Å²) >= 11 is 5.84. The highest BCUT2D eigenvalue weighted by Crippen LogP contribution is 2.23. The minimum atomic E-state index is -1.15. The second-order valence-electron chi connectivity index (χ2n) is 7.08. The lowest BCUT2D eigenvalue weighted by Crippen LogP contribution is -2.44. The van der Waals surface area contributed by atoms with Gasteiger partial charge in [-0.25, -0.2) is 9.59 Å². The van der Waals surface area contributed by atoms with E-state index < -0.39 is 23.5 Å². The Morgan fingerprint density at radius 2 is 1.90 bits per heavy atom. The maximum atomic E-state index is 12.2. The van der Waals surface area contributed by atoms with Crippen LogP contribution in [0.4, 0.5) is 0 Å². The van der Waals surface area contributed by atoms with Gasteiger partial charge in [0.15, 0.2) is 6.61 Å². The second kappa shape index (κ2) is 10.1. The first-order valence-electron chi connectivity index (χ1n) is 9.82. The minimum absolute atomic E-state index is 0.111. The largest absolute Gasteiger partial charge is 0.484 e. The molecule has 1 atom stereocenters. The van der Waals surface area contributed by atoms with Crippen molar-refractivity contribution in [2.75, 3.05) is 6.61 Å². The molecule has 31 heavy (non-hydrogen) atoms. The van der Waals surface area contributed by atoms with Crippen molar-refractivity contribution in [3.05, 3.63) is 75.1 Å². The van der Waals surface area contributed by atoms with Crippen molar-refractivity contribution < 1.29 is 23.8 Å². The Morgan fingerprint density at radius 3 is 2.58 bits per heavy atom. The highest BCUT2D eigenvalue weighted by atomic mass is 35.5. The van der Waals surface area contributed by atoms with Gasteiger partial charge in [-0.3, -0.25) is 4.79 Å². The monoisotopic (exact) mass is 443 g/mol. The quantitative estimate of drug-likeness (QED) is 0.489. The maximum Gasteiger partial charge on any atom is 0.336 e. The Labute approximate surface area is 183 Å². The number of benzene rings is 2. The van der Waals surface area contributed by atoms with Crippen molar-refractivity contribution in [2.24, 2.45) is 0 Å². The fourth-order valence-electron chi connectivity index (χ4n) is 3.22. The van der Waals surface area contributed by atoms with Gasteiger partial charge in [-0.1, -0.05) is 37.1 Å². The van der Waals surface area contributed by atoms with Gasteiger partial charge in [0.2, 0.25) is 0 Å². The molecule has 0 aliphatic carbocycles. The number of hydrogen-bond acceptors (Lipinski definition) is 5. The van der Waals surface area contributed by atoms with Gasteiger partial charge >= 0.3 is 11.6 Å². The predicted octanol–water partition coefficient (Wildman–Crippen LogP) is 3.59. The Morgan fingerprint density at radius 1 is 1.16 bits per heavy atom. The fraction of sp³-hybridized carbons (Fsp3) is 0.261. The van der Waals surface area contributed by atoms with Gasteiger partial charge in [0, 0.05) is 29.0 Å². The molecule has 3 aromatic rings. The zero-order valence-electron chi connectivity index (χ0n) is 16.9. The third-order valence-corrected chi connectivity index (χ3v) is 4.93. The molecule has 0 fully saturated rings. The molecule has 0 radical (unpaired) electrons. The molecule has 162 valence electrons. The number of carbonyl (C=O) groups excluding carboxylic acids is 1. The fourth-order valence-corrected chi connectivity index (χ4v) is 3.34. The Bertz CT molecular complexity index is 1140. The van der Waals surface area contributed by atoms with E-state index in [9.17, 15) is 19.5 Å². The van der Waals surface area contributed by atoms with Crippen molar-refractivity contribution in [3.8, 4) is 5.75 Å². The van der Waals surface area contributed by atoms with E-state index in [-0.39, 0.29) is 13.0 Å². The molecule has 0 spiro atoms. The van der Waals surface area contributed by atoms with Gasteiger partial charge in [0.25, 0.3) is 5.91 Å². The summed E-state index contributed by atoms with van der Waals surface area (Å²) in [5, 5.41) is 13.2. The number of aryl methyl sites for hydroxylation is 1. The topological polar surface area (TPSA) is 106 Å². The van der Waals surface area contributed by atoms with Crippen LogP contribution in [0, 0.1) is 0 Å². The summed E-state index contributed by atoms with van der Waals surface area (Å²) in [5.41, 5.74) is 1.55. The number of amides is 1. The number of carboxylic acid groups (broad SMARTS) is 1. The van der Waals surface area contributed by atoms with Gasteiger partial charge in [-0.2, -0.15) is 0 Å². The van der Waals surface area contributed by atoms with Gasteiger partial charge in [-0.05, 0) is 41.8 Å². The van der Waals surface area contributed by atoms with E-state index in [1.807, 2.05) is 6.92 Å². The summed E-state index contributed by atoms with van der Waals surface area (Å²) in [6.07, 6.45) is 1.74.